The zero-order valence-electron chi connectivity index (χ0n) is 17.8. The van der Waals surface area contributed by atoms with Gasteiger partial charge in [0.15, 0.2) is 0 Å². The molecule has 1 aliphatic heterocycles. The van der Waals surface area contributed by atoms with E-state index in [1.54, 1.807) is 0 Å². The van der Waals surface area contributed by atoms with Crippen molar-refractivity contribution in [2.75, 3.05) is 18.2 Å². The van der Waals surface area contributed by atoms with Crippen LogP contribution >= 0.6 is 11.8 Å². The second-order valence-electron chi connectivity index (χ2n) is 8.00. The number of amides is 2. The molecule has 4 rings (SSSR count). The van der Waals surface area contributed by atoms with Crippen LogP contribution in [0.15, 0.2) is 48.5 Å². The summed E-state index contributed by atoms with van der Waals surface area (Å²) in [6.07, 6.45) is 0.0109. The molecule has 7 nitrogen and oxygen atoms in total. The van der Waals surface area contributed by atoms with Crippen molar-refractivity contribution in [1.29, 1.82) is 0 Å². The van der Waals surface area contributed by atoms with Crippen LogP contribution in [-0.2, 0) is 14.3 Å². The van der Waals surface area contributed by atoms with Crippen LogP contribution in [0.3, 0.4) is 0 Å². The van der Waals surface area contributed by atoms with Crippen molar-refractivity contribution < 1.29 is 24.2 Å². The highest BCUT2D eigenvalue weighted by atomic mass is 32.2. The molecule has 0 saturated carbocycles. The highest BCUT2D eigenvalue weighted by Crippen LogP contribution is 2.44. The number of fused-ring (bicyclic) bond motifs is 3. The maximum atomic E-state index is 12.6. The number of carbonyl (C=O) groups is 3. The molecule has 2 aliphatic rings. The average Bonchev–Trinajstić information content (AvgIpc) is 3.41. The van der Waals surface area contributed by atoms with Crippen molar-refractivity contribution in [2.45, 2.75) is 37.8 Å². The molecule has 1 heterocycles. The van der Waals surface area contributed by atoms with Crippen molar-refractivity contribution in [1.82, 2.24) is 10.2 Å². The third kappa shape index (κ3) is 4.46. The quantitative estimate of drug-likeness (QED) is 0.663. The van der Waals surface area contributed by atoms with E-state index in [4.69, 9.17) is 4.74 Å². The number of aliphatic carboxylic acids is 1. The number of benzene rings is 2. The highest BCUT2D eigenvalue weighted by molar-refractivity contribution is 7.99. The number of carboxylic acid groups (broad SMARTS) is 1. The van der Waals surface area contributed by atoms with Gasteiger partial charge < -0.3 is 20.1 Å². The number of nitrogens with zero attached hydrogens (tertiary/aromatic N) is 1. The number of hydrogen-bond acceptors (Lipinski definition) is 5. The Hall–Kier alpha value is -3.00. The molecule has 0 bridgehead atoms. The zero-order valence-corrected chi connectivity index (χ0v) is 18.6. The molecule has 8 heteroatoms. The Kier molecular flexibility index (Phi) is 6.69. The van der Waals surface area contributed by atoms with Crippen molar-refractivity contribution in [3.05, 3.63) is 59.7 Å². The number of carbonyl (C=O) groups excluding carboxylic acids is 2. The summed E-state index contributed by atoms with van der Waals surface area (Å²) >= 11 is 1.42. The molecule has 168 valence electrons. The third-order valence-corrected chi connectivity index (χ3v) is 7.08. The number of thioether (sulfide) groups is 1. The summed E-state index contributed by atoms with van der Waals surface area (Å²) in [7, 11) is 0. The molecule has 32 heavy (non-hydrogen) atoms. The molecule has 2 aromatic carbocycles. The molecule has 1 saturated heterocycles. The first-order valence-corrected chi connectivity index (χ1v) is 11.9. The molecule has 0 unspecified atom stereocenters. The van der Waals surface area contributed by atoms with Gasteiger partial charge in [0.25, 0.3) is 0 Å². The summed E-state index contributed by atoms with van der Waals surface area (Å²) in [5.74, 6) is -0.559. The average molecular weight is 455 g/mol. The predicted molar refractivity (Wildman–Crippen MR) is 122 cm³/mol. The zero-order chi connectivity index (χ0) is 22.7. The van der Waals surface area contributed by atoms with Gasteiger partial charge in [-0.15, -0.1) is 11.8 Å². The lowest BCUT2D eigenvalue weighted by molar-refractivity contribution is -0.147. The summed E-state index contributed by atoms with van der Waals surface area (Å²) in [6.45, 7) is 2.07. The van der Waals surface area contributed by atoms with E-state index < -0.39 is 24.1 Å². The molecule has 1 aliphatic carbocycles. The minimum absolute atomic E-state index is 0.0344. The Morgan fingerprint density at radius 3 is 2.34 bits per heavy atom. The number of alkyl carbamates (subject to hydrolysis) is 1. The van der Waals surface area contributed by atoms with E-state index in [1.165, 1.54) is 16.7 Å². The van der Waals surface area contributed by atoms with Crippen LogP contribution in [0.5, 0.6) is 0 Å². The minimum Gasteiger partial charge on any atom is -0.480 e. The fourth-order valence-electron chi connectivity index (χ4n) is 4.33. The maximum absolute atomic E-state index is 12.6. The van der Waals surface area contributed by atoms with Crippen LogP contribution in [0, 0.1) is 0 Å². The van der Waals surface area contributed by atoms with E-state index >= 15 is 0 Å². The van der Waals surface area contributed by atoms with Gasteiger partial charge in [-0.3, -0.25) is 4.79 Å². The topological polar surface area (TPSA) is 95.9 Å². The summed E-state index contributed by atoms with van der Waals surface area (Å²) in [5.41, 5.74) is 4.58. The second kappa shape index (κ2) is 9.65. The van der Waals surface area contributed by atoms with E-state index in [0.717, 1.165) is 22.3 Å². The van der Waals surface area contributed by atoms with Crippen molar-refractivity contribution >= 4 is 29.7 Å². The highest BCUT2D eigenvalue weighted by Gasteiger charge is 2.35. The number of hydrogen-bond donors (Lipinski definition) is 2. The van der Waals surface area contributed by atoms with E-state index in [1.807, 2.05) is 31.2 Å². The number of ether oxygens (including phenoxy) is 1. The summed E-state index contributed by atoms with van der Waals surface area (Å²) in [4.78, 5) is 37.8. The lowest BCUT2D eigenvalue weighted by Gasteiger charge is -2.24. The standard InChI is InChI=1S/C24H26N2O5S/c1-2-15(11-22(27)26-14-32-13-21(26)23(28)29)25-24(30)31-12-20-18-9-5-3-7-16(18)17-8-4-6-10-19(17)20/h3-10,15,20-21H,2,11-14H2,1H3,(H,25,30)(H,28,29)/t15-,21+/m1/s1. The summed E-state index contributed by atoms with van der Waals surface area (Å²) in [5, 5.41) is 12.1. The van der Waals surface area contributed by atoms with Gasteiger partial charge in [0.05, 0.1) is 5.88 Å². The van der Waals surface area contributed by atoms with Crippen molar-refractivity contribution in [2.24, 2.45) is 0 Å². The first-order valence-electron chi connectivity index (χ1n) is 10.7. The van der Waals surface area contributed by atoms with Gasteiger partial charge in [0.2, 0.25) is 5.91 Å². The normalized spacial score (nSPS) is 18.0. The van der Waals surface area contributed by atoms with E-state index in [9.17, 15) is 19.5 Å². The lowest BCUT2D eigenvalue weighted by atomic mass is 9.98. The Morgan fingerprint density at radius 1 is 1.12 bits per heavy atom. The van der Waals surface area contributed by atoms with Crippen LogP contribution in [-0.4, -0.2) is 58.3 Å². The second-order valence-corrected chi connectivity index (χ2v) is 9.00. The molecule has 0 spiro atoms. The SMILES string of the molecule is CC[C@H](CC(=O)N1CSC[C@H]1C(=O)O)NC(=O)OCC1c2ccccc2-c2ccccc21. The van der Waals surface area contributed by atoms with Crippen molar-refractivity contribution in [3.63, 3.8) is 0 Å². The fourth-order valence-corrected chi connectivity index (χ4v) is 5.50. The molecule has 2 N–H and O–H groups in total. The van der Waals surface area contributed by atoms with Gasteiger partial charge in [-0.05, 0) is 28.7 Å². The number of carboxylic acids is 1. The first kappa shape index (κ1) is 22.2. The fraction of sp³-hybridized carbons (Fsp3) is 0.375. The van der Waals surface area contributed by atoms with Crippen LogP contribution in [0.1, 0.15) is 36.8 Å². The molecular formula is C24H26N2O5S. The van der Waals surface area contributed by atoms with Crippen LogP contribution in [0.2, 0.25) is 0 Å². The Balaban J connectivity index is 1.35. The van der Waals surface area contributed by atoms with Gasteiger partial charge in [-0.1, -0.05) is 55.5 Å². The van der Waals surface area contributed by atoms with Crippen molar-refractivity contribution in [3.8, 4) is 11.1 Å². The van der Waals surface area contributed by atoms with Gasteiger partial charge in [0, 0.05) is 24.1 Å². The molecule has 2 amide bonds. The number of nitrogens with one attached hydrogen (secondary N) is 1. The molecule has 0 aromatic heterocycles. The van der Waals surface area contributed by atoms with Crippen LogP contribution in [0.25, 0.3) is 11.1 Å². The summed E-state index contributed by atoms with van der Waals surface area (Å²) in [6, 6.07) is 15.0. The molecular weight excluding hydrogens is 428 g/mol. The number of rotatable bonds is 7. The Labute approximate surface area is 191 Å². The predicted octanol–water partition coefficient (Wildman–Crippen LogP) is 3.68. The molecule has 1 fully saturated rings. The molecule has 0 radical (unpaired) electrons. The molecule has 2 atom stereocenters. The Morgan fingerprint density at radius 2 is 1.75 bits per heavy atom. The summed E-state index contributed by atoms with van der Waals surface area (Å²) < 4.78 is 5.57. The third-order valence-electron chi connectivity index (χ3n) is 6.07. The van der Waals surface area contributed by atoms with Gasteiger partial charge >= 0.3 is 12.1 Å². The molecule has 2 aromatic rings. The van der Waals surface area contributed by atoms with E-state index in [0.29, 0.717) is 18.1 Å². The van der Waals surface area contributed by atoms with Gasteiger partial charge in [0.1, 0.15) is 12.6 Å². The van der Waals surface area contributed by atoms with E-state index in [2.05, 4.69) is 29.6 Å². The Bertz CT molecular complexity index is 981. The first-order chi connectivity index (χ1) is 15.5. The largest absolute Gasteiger partial charge is 0.480 e. The minimum atomic E-state index is -0.999. The maximum Gasteiger partial charge on any atom is 0.407 e. The van der Waals surface area contributed by atoms with Gasteiger partial charge in [-0.25, -0.2) is 9.59 Å². The van der Waals surface area contributed by atoms with Crippen LogP contribution < -0.4 is 5.32 Å². The smallest absolute Gasteiger partial charge is 0.407 e. The lowest BCUT2D eigenvalue weighted by Crippen LogP contribution is -2.45. The van der Waals surface area contributed by atoms with E-state index in [-0.39, 0.29) is 24.9 Å². The van der Waals surface area contributed by atoms with Gasteiger partial charge in [-0.2, -0.15) is 0 Å². The van der Waals surface area contributed by atoms with Crippen LogP contribution in [0.4, 0.5) is 4.79 Å². The monoisotopic (exact) mass is 454 g/mol.